The van der Waals surface area contributed by atoms with Crippen LogP contribution in [0.15, 0.2) is 48.7 Å². The first-order valence-corrected chi connectivity index (χ1v) is 8.56. The SMILES string of the molecule is O=C(O)CCC(Cc1ccccc1)NC(=O)NCc1ccnc(C(F)(F)F)c1. The van der Waals surface area contributed by atoms with Gasteiger partial charge in [-0.05, 0) is 36.1 Å². The molecule has 0 aliphatic rings. The van der Waals surface area contributed by atoms with Crippen LogP contribution in [0.3, 0.4) is 0 Å². The second kappa shape index (κ2) is 9.72. The van der Waals surface area contributed by atoms with Gasteiger partial charge in [-0.15, -0.1) is 0 Å². The van der Waals surface area contributed by atoms with E-state index in [1.165, 1.54) is 6.07 Å². The Labute approximate surface area is 159 Å². The number of carbonyl (C=O) groups is 2. The Morgan fingerprint density at radius 3 is 2.46 bits per heavy atom. The highest BCUT2D eigenvalue weighted by atomic mass is 19.4. The molecule has 1 unspecified atom stereocenters. The maximum atomic E-state index is 12.7. The Morgan fingerprint density at radius 2 is 1.82 bits per heavy atom. The van der Waals surface area contributed by atoms with Crippen LogP contribution in [0.1, 0.15) is 29.7 Å². The Balaban J connectivity index is 1.94. The Morgan fingerprint density at radius 1 is 1.11 bits per heavy atom. The zero-order valence-electron chi connectivity index (χ0n) is 14.9. The molecule has 9 heteroatoms. The molecule has 2 aromatic rings. The van der Waals surface area contributed by atoms with Gasteiger partial charge in [0.15, 0.2) is 0 Å². The number of benzene rings is 1. The molecule has 3 N–H and O–H groups in total. The normalized spacial score (nSPS) is 12.2. The van der Waals surface area contributed by atoms with Gasteiger partial charge in [0, 0.05) is 25.2 Å². The number of rotatable bonds is 8. The molecule has 0 saturated heterocycles. The van der Waals surface area contributed by atoms with Crippen LogP contribution >= 0.6 is 0 Å². The molecule has 150 valence electrons. The second-order valence-electron chi connectivity index (χ2n) is 6.19. The summed E-state index contributed by atoms with van der Waals surface area (Å²) in [4.78, 5) is 26.2. The van der Waals surface area contributed by atoms with Crippen LogP contribution in [0, 0.1) is 0 Å². The number of aliphatic carboxylic acids is 1. The van der Waals surface area contributed by atoms with Crippen LogP contribution in [0.5, 0.6) is 0 Å². The van der Waals surface area contributed by atoms with E-state index in [1.807, 2.05) is 30.3 Å². The molecule has 1 heterocycles. The van der Waals surface area contributed by atoms with E-state index in [0.717, 1.165) is 17.8 Å². The number of nitrogens with zero attached hydrogens (tertiary/aromatic N) is 1. The van der Waals surface area contributed by atoms with Gasteiger partial charge in [0.2, 0.25) is 0 Å². The molecule has 0 saturated carbocycles. The summed E-state index contributed by atoms with van der Waals surface area (Å²) in [5.41, 5.74) is 0.153. The number of amides is 2. The van der Waals surface area contributed by atoms with Crippen molar-refractivity contribution in [3.63, 3.8) is 0 Å². The lowest BCUT2D eigenvalue weighted by Crippen LogP contribution is -2.43. The molecular formula is C19H20F3N3O3. The first-order valence-electron chi connectivity index (χ1n) is 8.56. The number of urea groups is 1. The van der Waals surface area contributed by atoms with Gasteiger partial charge in [-0.3, -0.25) is 9.78 Å². The van der Waals surface area contributed by atoms with Gasteiger partial charge in [-0.2, -0.15) is 13.2 Å². The molecule has 0 radical (unpaired) electrons. The zero-order chi connectivity index (χ0) is 20.6. The van der Waals surface area contributed by atoms with Gasteiger partial charge in [0.05, 0.1) is 0 Å². The van der Waals surface area contributed by atoms with E-state index in [-0.39, 0.29) is 24.9 Å². The number of alkyl halides is 3. The van der Waals surface area contributed by atoms with E-state index in [9.17, 15) is 22.8 Å². The minimum Gasteiger partial charge on any atom is -0.481 e. The van der Waals surface area contributed by atoms with Crippen molar-refractivity contribution >= 4 is 12.0 Å². The average molecular weight is 395 g/mol. The lowest BCUT2D eigenvalue weighted by Gasteiger charge is -2.19. The largest absolute Gasteiger partial charge is 0.481 e. The monoisotopic (exact) mass is 395 g/mol. The van der Waals surface area contributed by atoms with Crippen LogP contribution in [0.25, 0.3) is 0 Å². The number of hydrogen-bond acceptors (Lipinski definition) is 3. The third-order valence-electron chi connectivity index (χ3n) is 3.93. The van der Waals surface area contributed by atoms with Crippen molar-refractivity contribution in [2.45, 2.75) is 38.0 Å². The lowest BCUT2D eigenvalue weighted by molar-refractivity contribution is -0.141. The van der Waals surface area contributed by atoms with Crippen molar-refractivity contribution < 1.29 is 27.9 Å². The molecule has 0 aliphatic heterocycles. The fraction of sp³-hybridized carbons (Fsp3) is 0.316. The Kier molecular flexibility index (Phi) is 7.36. The molecule has 0 fully saturated rings. The average Bonchev–Trinajstić information content (AvgIpc) is 2.65. The van der Waals surface area contributed by atoms with Crippen molar-refractivity contribution in [3.8, 4) is 0 Å². The standard InChI is InChI=1S/C19H20F3N3O3/c20-19(21,22)16-11-14(8-9-23-16)12-24-18(28)25-15(6-7-17(26)27)10-13-4-2-1-3-5-13/h1-5,8-9,11,15H,6-7,10,12H2,(H,26,27)(H2,24,25,28). The van der Waals surface area contributed by atoms with Crippen molar-refractivity contribution in [2.24, 2.45) is 0 Å². The number of carboxylic acids is 1. The third kappa shape index (κ3) is 7.26. The van der Waals surface area contributed by atoms with Gasteiger partial charge < -0.3 is 15.7 Å². The molecule has 6 nitrogen and oxygen atoms in total. The van der Waals surface area contributed by atoms with Gasteiger partial charge >= 0.3 is 18.2 Å². The van der Waals surface area contributed by atoms with Crippen LogP contribution in [-0.4, -0.2) is 28.1 Å². The number of pyridine rings is 1. The van der Waals surface area contributed by atoms with E-state index < -0.39 is 29.9 Å². The van der Waals surface area contributed by atoms with E-state index in [1.54, 1.807) is 0 Å². The van der Waals surface area contributed by atoms with Crippen molar-refractivity contribution in [3.05, 3.63) is 65.5 Å². The van der Waals surface area contributed by atoms with Crippen molar-refractivity contribution in [1.82, 2.24) is 15.6 Å². The summed E-state index contributed by atoms with van der Waals surface area (Å²) in [5, 5.41) is 14.1. The summed E-state index contributed by atoms with van der Waals surface area (Å²) < 4.78 is 38.1. The van der Waals surface area contributed by atoms with Gasteiger partial charge in [-0.25, -0.2) is 4.79 Å². The third-order valence-corrected chi connectivity index (χ3v) is 3.93. The molecule has 1 aromatic heterocycles. The number of carboxylic acid groups (broad SMARTS) is 1. The van der Waals surface area contributed by atoms with E-state index in [4.69, 9.17) is 5.11 Å². The van der Waals surface area contributed by atoms with Gasteiger partial charge in [0.25, 0.3) is 0 Å². The molecular weight excluding hydrogens is 375 g/mol. The highest BCUT2D eigenvalue weighted by molar-refractivity contribution is 5.74. The van der Waals surface area contributed by atoms with Crippen LogP contribution in [0.2, 0.25) is 0 Å². The maximum absolute atomic E-state index is 12.7. The van der Waals surface area contributed by atoms with Gasteiger partial charge in [-0.1, -0.05) is 30.3 Å². The molecule has 1 atom stereocenters. The first kappa shape index (κ1) is 21.2. The van der Waals surface area contributed by atoms with Crippen molar-refractivity contribution in [1.29, 1.82) is 0 Å². The molecule has 1 aromatic carbocycles. The first-order chi connectivity index (χ1) is 13.2. The summed E-state index contributed by atoms with van der Waals surface area (Å²) in [5.74, 6) is -0.975. The molecule has 2 rings (SSSR count). The summed E-state index contributed by atoms with van der Waals surface area (Å²) in [7, 11) is 0. The highest BCUT2D eigenvalue weighted by Crippen LogP contribution is 2.27. The molecule has 2 amide bonds. The molecule has 28 heavy (non-hydrogen) atoms. The summed E-state index contributed by atoms with van der Waals surface area (Å²) in [6, 6.07) is 10.5. The quantitative estimate of drug-likeness (QED) is 0.639. The molecule has 0 aliphatic carbocycles. The van der Waals surface area contributed by atoms with Crippen LogP contribution in [0.4, 0.5) is 18.0 Å². The fourth-order valence-corrected chi connectivity index (χ4v) is 2.58. The number of carbonyl (C=O) groups excluding carboxylic acids is 1. The summed E-state index contributed by atoms with van der Waals surface area (Å²) in [6.45, 7) is -0.117. The van der Waals surface area contributed by atoms with E-state index >= 15 is 0 Å². The minimum atomic E-state index is -4.56. The number of halogens is 3. The molecule has 0 bridgehead atoms. The van der Waals surface area contributed by atoms with Crippen LogP contribution < -0.4 is 10.6 Å². The molecule has 0 spiro atoms. The minimum absolute atomic E-state index is 0.114. The fourth-order valence-electron chi connectivity index (χ4n) is 2.58. The topological polar surface area (TPSA) is 91.3 Å². The van der Waals surface area contributed by atoms with Crippen LogP contribution in [-0.2, 0) is 23.9 Å². The highest BCUT2D eigenvalue weighted by Gasteiger charge is 2.32. The van der Waals surface area contributed by atoms with Gasteiger partial charge in [0.1, 0.15) is 5.69 Å². The smallest absolute Gasteiger partial charge is 0.433 e. The Bertz CT molecular complexity index is 798. The van der Waals surface area contributed by atoms with E-state index in [2.05, 4.69) is 15.6 Å². The van der Waals surface area contributed by atoms with Crippen molar-refractivity contribution in [2.75, 3.05) is 0 Å². The summed E-state index contributed by atoms with van der Waals surface area (Å²) in [6.07, 6.45) is -2.98. The Hall–Kier alpha value is -3.10. The number of aromatic nitrogens is 1. The lowest BCUT2D eigenvalue weighted by atomic mass is 10.0. The maximum Gasteiger partial charge on any atom is 0.433 e. The summed E-state index contributed by atoms with van der Waals surface area (Å²) >= 11 is 0. The predicted molar refractivity (Wildman–Crippen MR) is 95.4 cm³/mol. The number of nitrogens with one attached hydrogen (secondary N) is 2. The predicted octanol–water partition coefficient (Wildman–Crippen LogP) is 3.38. The zero-order valence-corrected chi connectivity index (χ0v) is 14.9. The van der Waals surface area contributed by atoms with E-state index in [0.29, 0.717) is 6.42 Å². The number of hydrogen-bond donors (Lipinski definition) is 3. The second-order valence-corrected chi connectivity index (χ2v) is 6.19.